The fourth-order valence-electron chi connectivity index (χ4n) is 2.74. The van der Waals surface area contributed by atoms with Gasteiger partial charge in [-0.2, -0.15) is 0 Å². The van der Waals surface area contributed by atoms with E-state index in [-0.39, 0.29) is 24.2 Å². The lowest BCUT2D eigenvalue weighted by molar-refractivity contribution is 0.274. The summed E-state index contributed by atoms with van der Waals surface area (Å²) in [5.74, 6) is 0.952. The van der Waals surface area contributed by atoms with Crippen molar-refractivity contribution in [1.29, 1.82) is 0 Å². The first-order chi connectivity index (χ1) is 12.3. The van der Waals surface area contributed by atoms with Crippen LogP contribution in [0.1, 0.15) is 20.8 Å². The Hall–Kier alpha value is -2.93. The Morgan fingerprint density at radius 1 is 1.27 bits per heavy atom. The Morgan fingerprint density at radius 3 is 2.65 bits per heavy atom. The topological polar surface area (TPSA) is 106 Å². The number of nitrogens with two attached hydrogens (primary N) is 1. The molecule has 3 aromatic heterocycles. The number of nitrogens with zero attached hydrogens (tertiary/aromatic N) is 3. The predicted molar refractivity (Wildman–Crippen MR) is 104 cm³/mol. The minimum Gasteiger partial charge on any atom is -0.395 e. The van der Waals surface area contributed by atoms with Crippen LogP contribution in [0.15, 0.2) is 41.5 Å². The molecule has 0 aromatic carbocycles. The summed E-state index contributed by atoms with van der Waals surface area (Å²) < 4.78 is 1.49. The molecule has 0 aliphatic carbocycles. The highest BCUT2D eigenvalue weighted by Crippen LogP contribution is 2.27. The molecule has 0 radical (unpaired) electrons. The predicted octanol–water partition coefficient (Wildman–Crippen LogP) is 2.24. The first-order valence-corrected chi connectivity index (χ1v) is 8.43. The van der Waals surface area contributed by atoms with E-state index in [1.54, 1.807) is 18.5 Å². The van der Waals surface area contributed by atoms with Gasteiger partial charge in [-0.05, 0) is 50.4 Å². The number of aliphatic hydroxyl groups excluding tert-OH is 1. The molecule has 3 rings (SSSR count). The second-order valence-corrected chi connectivity index (χ2v) is 7.20. The van der Waals surface area contributed by atoms with Gasteiger partial charge in [-0.25, -0.2) is 9.97 Å². The van der Waals surface area contributed by atoms with E-state index in [0.29, 0.717) is 22.7 Å². The maximum absolute atomic E-state index is 12.9. The lowest BCUT2D eigenvalue weighted by atomic mass is 10.1. The molecule has 136 valence electrons. The summed E-state index contributed by atoms with van der Waals surface area (Å²) in [6.07, 6.45) is 3.35. The van der Waals surface area contributed by atoms with Gasteiger partial charge >= 0.3 is 0 Å². The zero-order valence-corrected chi connectivity index (χ0v) is 15.2. The smallest absolute Gasteiger partial charge is 0.262 e. The zero-order chi connectivity index (χ0) is 18.9. The van der Waals surface area contributed by atoms with Crippen molar-refractivity contribution in [3.63, 3.8) is 0 Å². The van der Waals surface area contributed by atoms with E-state index in [2.05, 4.69) is 15.3 Å². The monoisotopic (exact) mass is 353 g/mol. The van der Waals surface area contributed by atoms with Crippen molar-refractivity contribution in [2.75, 3.05) is 17.7 Å². The highest BCUT2D eigenvalue weighted by molar-refractivity contribution is 5.94. The van der Waals surface area contributed by atoms with Gasteiger partial charge in [-0.3, -0.25) is 4.79 Å². The van der Waals surface area contributed by atoms with Gasteiger partial charge in [-0.15, -0.1) is 0 Å². The highest BCUT2D eigenvalue weighted by Gasteiger charge is 2.17. The minimum atomic E-state index is -0.276. The first kappa shape index (κ1) is 17.9. The van der Waals surface area contributed by atoms with Crippen LogP contribution in [-0.2, 0) is 6.54 Å². The van der Waals surface area contributed by atoms with Crippen LogP contribution < -0.4 is 16.6 Å². The molecule has 0 aliphatic heterocycles. The van der Waals surface area contributed by atoms with Crippen LogP contribution in [0.5, 0.6) is 0 Å². The number of rotatable bonds is 4. The highest BCUT2D eigenvalue weighted by atomic mass is 16.3. The number of pyridine rings is 3. The summed E-state index contributed by atoms with van der Waals surface area (Å²) in [5, 5.41) is 13.8. The molecular weight excluding hydrogens is 330 g/mol. The van der Waals surface area contributed by atoms with Gasteiger partial charge in [0.1, 0.15) is 11.6 Å². The lowest BCUT2D eigenvalue weighted by Gasteiger charge is -2.23. The van der Waals surface area contributed by atoms with Crippen LogP contribution in [0, 0.1) is 0 Å². The van der Waals surface area contributed by atoms with E-state index in [0.717, 1.165) is 10.9 Å². The van der Waals surface area contributed by atoms with E-state index >= 15 is 0 Å². The Kier molecular flexibility index (Phi) is 4.65. The Bertz CT molecular complexity index is 988. The van der Waals surface area contributed by atoms with Crippen LogP contribution in [-0.4, -0.2) is 31.8 Å². The zero-order valence-electron chi connectivity index (χ0n) is 15.2. The molecule has 0 saturated heterocycles. The van der Waals surface area contributed by atoms with Crippen molar-refractivity contribution in [3.05, 3.63) is 47.0 Å². The van der Waals surface area contributed by atoms with E-state index in [4.69, 9.17) is 5.73 Å². The SMILES string of the molecule is CC(C)(C)Nc1nc(-c2ccc(N)nc2)cc2ccn(CCO)c(=O)c12. The molecule has 0 bridgehead atoms. The third-order valence-corrected chi connectivity index (χ3v) is 3.88. The number of fused-ring (bicyclic) bond motifs is 1. The molecule has 0 aliphatic rings. The molecule has 0 spiro atoms. The quantitative estimate of drug-likeness (QED) is 0.664. The van der Waals surface area contributed by atoms with Crippen molar-refractivity contribution in [2.45, 2.75) is 32.9 Å². The Balaban J connectivity index is 2.26. The van der Waals surface area contributed by atoms with Gasteiger partial charge in [0.2, 0.25) is 0 Å². The summed E-state index contributed by atoms with van der Waals surface area (Å²) in [6.45, 7) is 6.16. The number of aliphatic hydroxyl groups is 1. The van der Waals surface area contributed by atoms with Crippen LogP contribution in [0.2, 0.25) is 0 Å². The average molecular weight is 353 g/mol. The first-order valence-electron chi connectivity index (χ1n) is 8.43. The van der Waals surface area contributed by atoms with Gasteiger partial charge in [-0.1, -0.05) is 0 Å². The fraction of sp³-hybridized carbons (Fsp3) is 0.316. The van der Waals surface area contributed by atoms with Crippen molar-refractivity contribution in [3.8, 4) is 11.3 Å². The molecule has 0 atom stereocenters. The second-order valence-electron chi connectivity index (χ2n) is 7.20. The molecule has 7 heteroatoms. The molecule has 26 heavy (non-hydrogen) atoms. The molecule has 4 N–H and O–H groups in total. The number of nitrogen functional groups attached to an aromatic ring is 1. The number of anilines is 2. The summed E-state index contributed by atoms with van der Waals surface area (Å²) in [5.41, 5.74) is 6.73. The summed E-state index contributed by atoms with van der Waals surface area (Å²) in [7, 11) is 0. The number of hydrogen-bond acceptors (Lipinski definition) is 6. The van der Waals surface area contributed by atoms with Crippen molar-refractivity contribution < 1.29 is 5.11 Å². The van der Waals surface area contributed by atoms with Gasteiger partial charge in [0.25, 0.3) is 5.56 Å². The van der Waals surface area contributed by atoms with Crippen molar-refractivity contribution in [2.24, 2.45) is 0 Å². The third-order valence-electron chi connectivity index (χ3n) is 3.88. The summed E-state index contributed by atoms with van der Waals surface area (Å²) in [6, 6.07) is 7.29. The number of hydrogen-bond donors (Lipinski definition) is 3. The molecule has 7 nitrogen and oxygen atoms in total. The Labute approximate surface area is 151 Å². The number of aromatic nitrogens is 3. The normalized spacial score (nSPS) is 11.7. The van der Waals surface area contributed by atoms with E-state index < -0.39 is 0 Å². The minimum absolute atomic E-state index is 0.101. The van der Waals surface area contributed by atoms with Gasteiger partial charge < -0.3 is 20.7 Å². The third kappa shape index (κ3) is 3.67. The molecule has 0 unspecified atom stereocenters. The largest absolute Gasteiger partial charge is 0.395 e. The van der Waals surface area contributed by atoms with Crippen LogP contribution in [0.3, 0.4) is 0 Å². The van der Waals surface area contributed by atoms with Crippen LogP contribution in [0.4, 0.5) is 11.6 Å². The van der Waals surface area contributed by atoms with Crippen LogP contribution >= 0.6 is 0 Å². The molecule has 0 fully saturated rings. The number of nitrogens with one attached hydrogen (secondary N) is 1. The van der Waals surface area contributed by atoms with Gasteiger partial charge in [0.05, 0.1) is 17.7 Å². The summed E-state index contributed by atoms with van der Waals surface area (Å²) >= 11 is 0. The van der Waals surface area contributed by atoms with E-state index in [9.17, 15) is 9.90 Å². The maximum Gasteiger partial charge on any atom is 0.262 e. The molecule has 0 saturated carbocycles. The van der Waals surface area contributed by atoms with Crippen LogP contribution in [0.25, 0.3) is 22.0 Å². The maximum atomic E-state index is 12.9. The average Bonchev–Trinajstić information content (AvgIpc) is 2.56. The standard InChI is InChI=1S/C19H23N5O2/c1-19(2,3)23-17-16-12(6-7-24(8-9-25)18(16)26)10-14(22-17)13-4-5-15(20)21-11-13/h4-7,10-11,25H,8-9H2,1-3H3,(H2,20,21)(H,22,23). The van der Waals surface area contributed by atoms with Crippen molar-refractivity contribution in [1.82, 2.24) is 14.5 Å². The van der Waals surface area contributed by atoms with E-state index in [1.807, 2.05) is 39.0 Å². The van der Waals surface area contributed by atoms with Gasteiger partial charge in [0.15, 0.2) is 0 Å². The van der Waals surface area contributed by atoms with Gasteiger partial charge in [0, 0.05) is 30.0 Å². The summed E-state index contributed by atoms with van der Waals surface area (Å²) in [4.78, 5) is 21.7. The second kappa shape index (κ2) is 6.76. The molecule has 0 amide bonds. The Morgan fingerprint density at radius 2 is 2.04 bits per heavy atom. The fourth-order valence-corrected chi connectivity index (χ4v) is 2.74. The van der Waals surface area contributed by atoms with E-state index in [1.165, 1.54) is 4.57 Å². The molecule has 3 aromatic rings. The van der Waals surface area contributed by atoms with Crippen molar-refractivity contribution >= 4 is 22.4 Å². The molecular formula is C19H23N5O2. The molecule has 3 heterocycles. The lowest BCUT2D eigenvalue weighted by Crippen LogP contribution is -2.29.